The molecule has 0 aliphatic carbocycles. The number of ether oxygens (including phenoxy) is 1. The van der Waals surface area contributed by atoms with Crippen molar-refractivity contribution in [1.29, 1.82) is 0 Å². The van der Waals surface area contributed by atoms with Crippen LogP contribution in [0.15, 0.2) is 24.3 Å². The molecule has 1 aromatic heterocycles. The van der Waals surface area contributed by atoms with E-state index in [-0.39, 0.29) is 18.1 Å². The van der Waals surface area contributed by atoms with E-state index in [1.807, 2.05) is 0 Å². The first kappa shape index (κ1) is 13.7. The number of non-ortho nitro benzene ring substituents is 1. The van der Waals surface area contributed by atoms with E-state index in [0.29, 0.717) is 12.2 Å². The van der Waals surface area contributed by atoms with Gasteiger partial charge in [-0.3, -0.25) is 15.2 Å². The Balaban J connectivity index is 2.06. The van der Waals surface area contributed by atoms with Crippen molar-refractivity contribution in [1.82, 2.24) is 15.2 Å². The van der Waals surface area contributed by atoms with Gasteiger partial charge in [0.1, 0.15) is 5.82 Å². The number of aromatic nitrogens is 3. The molecule has 20 heavy (non-hydrogen) atoms. The molecule has 104 valence electrons. The summed E-state index contributed by atoms with van der Waals surface area (Å²) in [5.74, 6) is -0.121. The monoisotopic (exact) mass is 276 g/mol. The van der Waals surface area contributed by atoms with E-state index >= 15 is 0 Å². The zero-order valence-corrected chi connectivity index (χ0v) is 10.7. The third-order valence-electron chi connectivity index (χ3n) is 2.51. The zero-order chi connectivity index (χ0) is 14.5. The van der Waals surface area contributed by atoms with Gasteiger partial charge in [-0.25, -0.2) is 9.78 Å². The minimum Gasteiger partial charge on any atom is -0.460 e. The predicted octanol–water partition coefficient (Wildman–Crippen LogP) is 1.48. The van der Waals surface area contributed by atoms with E-state index in [1.54, 1.807) is 19.1 Å². The highest BCUT2D eigenvalue weighted by molar-refractivity contribution is 5.84. The second-order valence-electron chi connectivity index (χ2n) is 3.93. The SMILES string of the molecule is CCOC(=O)c1n[nH]c(Cc2ccc([N+](=O)[O-])cc2)n1. The highest BCUT2D eigenvalue weighted by Gasteiger charge is 2.13. The molecule has 0 spiro atoms. The van der Waals surface area contributed by atoms with Crippen LogP contribution in [0, 0.1) is 10.1 Å². The van der Waals surface area contributed by atoms with E-state index < -0.39 is 10.9 Å². The molecule has 0 saturated heterocycles. The number of aromatic amines is 1. The van der Waals surface area contributed by atoms with E-state index in [9.17, 15) is 14.9 Å². The normalized spacial score (nSPS) is 10.2. The number of nitrogens with zero attached hydrogens (tertiary/aromatic N) is 3. The number of H-pyrrole nitrogens is 1. The third kappa shape index (κ3) is 3.16. The van der Waals surface area contributed by atoms with Gasteiger partial charge in [0.05, 0.1) is 11.5 Å². The van der Waals surface area contributed by atoms with E-state index in [4.69, 9.17) is 4.74 Å². The molecule has 0 bridgehead atoms. The number of nitro groups is 1. The second kappa shape index (κ2) is 5.91. The van der Waals surface area contributed by atoms with Crippen LogP contribution in [0.25, 0.3) is 0 Å². The lowest BCUT2D eigenvalue weighted by molar-refractivity contribution is -0.384. The predicted molar refractivity (Wildman–Crippen MR) is 68.2 cm³/mol. The molecule has 0 aliphatic heterocycles. The van der Waals surface area contributed by atoms with Gasteiger partial charge in [0.25, 0.3) is 11.5 Å². The Morgan fingerprint density at radius 1 is 1.40 bits per heavy atom. The maximum atomic E-state index is 11.4. The van der Waals surface area contributed by atoms with Crippen LogP contribution in [0.1, 0.15) is 28.9 Å². The Kier molecular flexibility index (Phi) is 4.04. The number of hydrogen-bond acceptors (Lipinski definition) is 6. The topological polar surface area (TPSA) is 111 Å². The summed E-state index contributed by atoms with van der Waals surface area (Å²) < 4.78 is 4.77. The molecule has 8 nitrogen and oxygen atoms in total. The Bertz CT molecular complexity index is 621. The number of hydrogen-bond donors (Lipinski definition) is 1. The minimum atomic E-state index is -0.585. The smallest absolute Gasteiger partial charge is 0.378 e. The van der Waals surface area contributed by atoms with Crippen molar-refractivity contribution in [2.75, 3.05) is 6.61 Å². The van der Waals surface area contributed by atoms with Gasteiger partial charge in [0.2, 0.25) is 0 Å². The van der Waals surface area contributed by atoms with Crippen LogP contribution in [0.4, 0.5) is 5.69 Å². The quantitative estimate of drug-likeness (QED) is 0.503. The molecule has 1 heterocycles. The van der Waals surface area contributed by atoms with E-state index in [1.165, 1.54) is 12.1 Å². The molecule has 8 heteroatoms. The molecule has 0 radical (unpaired) electrons. The number of esters is 1. The van der Waals surface area contributed by atoms with E-state index in [0.717, 1.165) is 5.56 Å². The molecule has 0 fully saturated rings. The van der Waals surface area contributed by atoms with Gasteiger partial charge in [0.15, 0.2) is 0 Å². The summed E-state index contributed by atoms with van der Waals surface area (Å²) in [5, 5.41) is 16.9. The number of nitrogens with one attached hydrogen (secondary N) is 1. The zero-order valence-electron chi connectivity index (χ0n) is 10.7. The van der Waals surface area contributed by atoms with Crippen molar-refractivity contribution in [3.8, 4) is 0 Å². The Morgan fingerprint density at radius 3 is 2.70 bits per heavy atom. The molecule has 0 aliphatic rings. The van der Waals surface area contributed by atoms with Gasteiger partial charge in [-0.05, 0) is 12.5 Å². The lowest BCUT2D eigenvalue weighted by Crippen LogP contribution is -2.06. The fourth-order valence-electron chi connectivity index (χ4n) is 1.59. The van der Waals surface area contributed by atoms with Crippen molar-refractivity contribution in [3.63, 3.8) is 0 Å². The standard InChI is InChI=1S/C12H12N4O4/c1-2-20-12(17)11-13-10(14-15-11)7-8-3-5-9(6-4-8)16(18)19/h3-6H,2,7H2,1H3,(H,13,14,15). The van der Waals surface area contributed by atoms with Crippen molar-refractivity contribution in [2.24, 2.45) is 0 Å². The number of benzene rings is 1. The van der Waals surface area contributed by atoms with Crippen molar-refractivity contribution >= 4 is 11.7 Å². The summed E-state index contributed by atoms with van der Waals surface area (Å²) in [6.45, 7) is 1.95. The molecule has 0 atom stereocenters. The molecule has 1 aromatic carbocycles. The van der Waals surface area contributed by atoms with E-state index in [2.05, 4.69) is 15.2 Å². The molecule has 1 N–H and O–H groups in total. The molecule has 0 amide bonds. The molecular formula is C12H12N4O4. The van der Waals surface area contributed by atoms with Gasteiger partial charge in [-0.1, -0.05) is 12.1 Å². The van der Waals surface area contributed by atoms with Crippen LogP contribution < -0.4 is 0 Å². The van der Waals surface area contributed by atoms with Gasteiger partial charge in [-0.15, -0.1) is 5.10 Å². The first-order valence-electron chi connectivity index (χ1n) is 5.92. The maximum Gasteiger partial charge on any atom is 0.378 e. The third-order valence-corrected chi connectivity index (χ3v) is 2.51. The second-order valence-corrected chi connectivity index (χ2v) is 3.93. The average Bonchev–Trinajstić information content (AvgIpc) is 2.88. The molecular weight excluding hydrogens is 264 g/mol. The summed E-state index contributed by atoms with van der Waals surface area (Å²) in [6, 6.07) is 6.09. The summed E-state index contributed by atoms with van der Waals surface area (Å²) in [6.07, 6.45) is 0.393. The number of nitro benzene ring substituents is 1. The molecule has 0 unspecified atom stereocenters. The average molecular weight is 276 g/mol. The summed E-state index contributed by atoms with van der Waals surface area (Å²) in [7, 11) is 0. The Labute approximate surface area is 113 Å². The fraction of sp³-hybridized carbons (Fsp3) is 0.250. The number of rotatable bonds is 5. The Morgan fingerprint density at radius 2 is 2.10 bits per heavy atom. The molecule has 0 saturated carbocycles. The van der Waals surface area contributed by atoms with Crippen LogP contribution in [-0.2, 0) is 11.2 Å². The molecule has 2 rings (SSSR count). The Hall–Kier alpha value is -2.77. The van der Waals surface area contributed by atoms with Gasteiger partial charge in [-0.2, -0.15) is 0 Å². The lowest BCUT2D eigenvalue weighted by atomic mass is 10.1. The summed E-state index contributed by atoms with van der Waals surface area (Å²) in [5.41, 5.74) is 0.848. The summed E-state index contributed by atoms with van der Waals surface area (Å²) >= 11 is 0. The van der Waals surface area contributed by atoms with Crippen molar-refractivity contribution in [2.45, 2.75) is 13.3 Å². The van der Waals surface area contributed by atoms with Crippen LogP contribution in [0.5, 0.6) is 0 Å². The highest BCUT2D eigenvalue weighted by Crippen LogP contribution is 2.13. The van der Waals surface area contributed by atoms with Crippen LogP contribution in [0.2, 0.25) is 0 Å². The lowest BCUT2D eigenvalue weighted by Gasteiger charge is -1.97. The van der Waals surface area contributed by atoms with Crippen LogP contribution in [-0.4, -0.2) is 32.7 Å². The number of carbonyl (C=O) groups excluding carboxylic acids is 1. The van der Waals surface area contributed by atoms with Crippen molar-refractivity contribution < 1.29 is 14.5 Å². The van der Waals surface area contributed by atoms with Gasteiger partial charge < -0.3 is 4.74 Å². The first-order valence-corrected chi connectivity index (χ1v) is 5.92. The summed E-state index contributed by atoms with van der Waals surface area (Å²) in [4.78, 5) is 25.5. The fourth-order valence-corrected chi connectivity index (χ4v) is 1.59. The van der Waals surface area contributed by atoms with Gasteiger partial charge >= 0.3 is 5.97 Å². The maximum absolute atomic E-state index is 11.4. The van der Waals surface area contributed by atoms with Crippen molar-refractivity contribution in [3.05, 3.63) is 51.6 Å². The van der Waals surface area contributed by atoms with Crippen LogP contribution in [0.3, 0.4) is 0 Å². The highest BCUT2D eigenvalue weighted by atomic mass is 16.6. The van der Waals surface area contributed by atoms with Gasteiger partial charge in [0, 0.05) is 18.6 Å². The largest absolute Gasteiger partial charge is 0.460 e. The molecule has 2 aromatic rings. The number of carbonyl (C=O) groups is 1. The first-order chi connectivity index (χ1) is 9.60. The van der Waals surface area contributed by atoms with Crippen LogP contribution >= 0.6 is 0 Å². The minimum absolute atomic E-state index is 0.0243.